The van der Waals surface area contributed by atoms with E-state index in [0.29, 0.717) is 29.5 Å². The van der Waals surface area contributed by atoms with E-state index in [0.717, 1.165) is 25.7 Å². The molecule has 3 N–H and O–H groups in total. The van der Waals surface area contributed by atoms with Crippen LogP contribution in [-0.2, 0) is 4.79 Å². The fourth-order valence-corrected chi connectivity index (χ4v) is 2.76. The number of hydrogen-bond acceptors (Lipinski definition) is 4. The first-order chi connectivity index (χ1) is 10.2. The van der Waals surface area contributed by atoms with E-state index in [1.165, 1.54) is 7.11 Å². The monoisotopic (exact) mass is 287 g/mol. The van der Waals surface area contributed by atoms with E-state index in [9.17, 15) is 4.79 Å². The van der Waals surface area contributed by atoms with Gasteiger partial charge in [0.1, 0.15) is 5.75 Å². The van der Waals surface area contributed by atoms with Gasteiger partial charge >= 0.3 is 0 Å². The molecule has 2 rings (SSSR count). The van der Waals surface area contributed by atoms with Crippen LogP contribution >= 0.6 is 0 Å². The van der Waals surface area contributed by atoms with Gasteiger partial charge in [0.05, 0.1) is 24.4 Å². The average Bonchev–Trinajstić information content (AvgIpc) is 2.55. The maximum Gasteiger partial charge on any atom is 0.227 e. The number of amides is 1. The van der Waals surface area contributed by atoms with Crippen LogP contribution in [0.25, 0.3) is 0 Å². The Balaban J connectivity index is 2.01. The standard InChI is InChI=1S/C16H21N3O2/c1-21-15-8-12(10-18)4-7-14(15)19-16(20)13-5-2-11(9-17)3-6-13/h4,7-8,11,13H,2-3,5-6,9,17H2,1H3,(H,19,20). The zero-order chi connectivity index (χ0) is 15.2. The zero-order valence-electron chi connectivity index (χ0n) is 12.3. The minimum atomic E-state index is 0.0217. The van der Waals surface area contributed by atoms with E-state index < -0.39 is 0 Å². The van der Waals surface area contributed by atoms with Crippen LogP contribution in [0.1, 0.15) is 31.2 Å². The highest BCUT2D eigenvalue weighted by Gasteiger charge is 2.26. The van der Waals surface area contributed by atoms with E-state index in [4.69, 9.17) is 15.7 Å². The van der Waals surface area contributed by atoms with Gasteiger partial charge in [-0.3, -0.25) is 4.79 Å². The summed E-state index contributed by atoms with van der Waals surface area (Å²) in [5.74, 6) is 1.12. The number of ether oxygens (including phenoxy) is 1. The van der Waals surface area contributed by atoms with E-state index in [-0.39, 0.29) is 11.8 Å². The van der Waals surface area contributed by atoms with Crippen molar-refractivity contribution >= 4 is 11.6 Å². The number of carbonyl (C=O) groups is 1. The molecule has 1 aromatic rings. The van der Waals surface area contributed by atoms with Crippen LogP contribution < -0.4 is 15.8 Å². The number of nitrogens with two attached hydrogens (primary N) is 1. The molecule has 1 fully saturated rings. The van der Waals surface area contributed by atoms with Crippen molar-refractivity contribution in [2.75, 3.05) is 19.0 Å². The molecule has 0 spiro atoms. The zero-order valence-corrected chi connectivity index (χ0v) is 12.3. The summed E-state index contributed by atoms with van der Waals surface area (Å²) in [7, 11) is 1.53. The SMILES string of the molecule is COc1cc(C#N)ccc1NC(=O)C1CCC(CN)CC1. The summed E-state index contributed by atoms with van der Waals surface area (Å²) in [5, 5.41) is 11.8. The van der Waals surface area contributed by atoms with Gasteiger partial charge in [-0.15, -0.1) is 0 Å². The summed E-state index contributed by atoms with van der Waals surface area (Å²) in [6, 6.07) is 7.06. The molecule has 0 aromatic heterocycles. The van der Waals surface area contributed by atoms with Crippen molar-refractivity contribution in [2.45, 2.75) is 25.7 Å². The van der Waals surface area contributed by atoms with Crippen molar-refractivity contribution in [1.29, 1.82) is 5.26 Å². The number of methoxy groups -OCH3 is 1. The number of nitriles is 1. The Kier molecular flexibility index (Phi) is 5.18. The minimum absolute atomic E-state index is 0.0217. The van der Waals surface area contributed by atoms with Crippen molar-refractivity contribution in [1.82, 2.24) is 0 Å². The van der Waals surface area contributed by atoms with Gasteiger partial charge in [-0.25, -0.2) is 0 Å². The van der Waals surface area contributed by atoms with Gasteiger partial charge in [0.2, 0.25) is 5.91 Å². The van der Waals surface area contributed by atoms with Crippen LogP contribution in [0.3, 0.4) is 0 Å². The Morgan fingerprint density at radius 2 is 2.14 bits per heavy atom. The quantitative estimate of drug-likeness (QED) is 0.889. The van der Waals surface area contributed by atoms with Crippen LogP contribution in [0.4, 0.5) is 5.69 Å². The summed E-state index contributed by atoms with van der Waals surface area (Å²) in [6.45, 7) is 0.706. The largest absolute Gasteiger partial charge is 0.495 e. The lowest BCUT2D eigenvalue weighted by Crippen LogP contribution is -2.29. The third-order valence-corrected chi connectivity index (χ3v) is 4.14. The molecule has 0 atom stereocenters. The minimum Gasteiger partial charge on any atom is -0.495 e. The third kappa shape index (κ3) is 3.73. The smallest absolute Gasteiger partial charge is 0.227 e. The van der Waals surface area contributed by atoms with Gasteiger partial charge in [-0.05, 0) is 50.3 Å². The number of nitrogens with one attached hydrogen (secondary N) is 1. The molecule has 5 heteroatoms. The van der Waals surface area contributed by atoms with Gasteiger partial charge in [0.15, 0.2) is 0 Å². The van der Waals surface area contributed by atoms with Crippen LogP contribution in [0.5, 0.6) is 5.75 Å². The summed E-state index contributed by atoms with van der Waals surface area (Å²) in [4.78, 5) is 12.3. The number of hydrogen-bond donors (Lipinski definition) is 2. The molecule has 1 aromatic carbocycles. The fraction of sp³-hybridized carbons (Fsp3) is 0.500. The molecule has 1 amide bonds. The second-order valence-electron chi connectivity index (χ2n) is 5.47. The average molecular weight is 287 g/mol. The van der Waals surface area contributed by atoms with Gasteiger partial charge in [0.25, 0.3) is 0 Å². The first-order valence-electron chi connectivity index (χ1n) is 7.27. The van der Waals surface area contributed by atoms with Crippen LogP contribution in [0.15, 0.2) is 18.2 Å². The van der Waals surface area contributed by atoms with E-state index in [2.05, 4.69) is 11.4 Å². The number of anilines is 1. The molecular weight excluding hydrogens is 266 g/mol. The molecule has 0 unspecified atom stereocenters. The van der Waals surface area contributed by atoms with E-state index in [1.807, 2.05) is 0 Å². The topological polar surface area (TPSA) is 88.1 Å². The lowest BCUT2D eigenvalue weighted by Gasteiger charge is -2.27. The molecule has 21 heavy (non-hydrogen) atoms. The lowest BCUT2D eigenvalue weighted by molar-refractivity contribution is -0.121. The Labute approximate surface area is 125 Å². The molecule has 112 valence electrons. The predicted molar refractivity (Wildman–Crippen MR) is 80.8 cm³/mol. The second kappa shape index (κ2) is 7.09. The van der Waals surface area contributed by atoms with Crippen molar-refractivity contribution in [3.8, 4) is 11.8 Å². The van der Waals surface area contributed by atoms with E-state index >= 15 is 0 Å². The third-order valence-electron chi connectivity index (χ3n) is 4.14. The molecule has 1 aliphatic rings. The Bertz CT molecular complexity index is 543. The maximum atomic E-state index is 12.3. The molecule has 0 bridgehead atoms. The highest BCUT2D eigenvalue weighted by atomic mass is 16.5. The van der Waals surface area contributed by atoms with Crippen LogP contribution in [0.2, 0.25) is 0 Å². The predicted octanol–water partition coefficient (Wildman–Crippen LogP) is 2.27. The summed E-state index contributed by atoms with van der Waals surface area (Å²) >= 11 is 0. The fourth-order valence-electron chi connectivity index (χ4n) is 2.76. The molecule has 0 radical (unpaired) electrons. The van der Waals surface area contributed by atoms with Crippen molar-refractivity contribution < 1.29 is 9.53 Å². The van der Waals surface area contributed by atoms with Gasteiger partial charge in [-0.2, -0.15) is 5.26 Å². The molecular formula is C16H21N3O2. The normalized spacial score (nSPS) is 21.4. The second-order valence-corrected chi connectivity index (χ2v) is 5.47. The summed E-state index contributed by atoms with van der Waals surface area (Å²) in [5.41, 5.74) is 6.79. The van der Waals surface area contributed by atoms with Crippen LogP contribution in [0, 0.1) is 23.2 Å². The molecule has 1 aliphatic carbocycles. The summed E-state index contributed by atoms with van der Waals surface area (Å²) < 4.78 is 5.23. The first kappa shape index (κ1) is 15.3. The molecule has 0 heterocycles. The summed E-state index contributed by atoms with van der Waals surface area (Å²) in [6.07, 6.45) is 3.79. The van der Waals surface area contributed by atoms with Gasteiger partial charge < -0.3 is 15.8 Å². The van der Waals surface area contributed by atoms with Gasteiger partial charge in [0, 0.05) is 12.0 Å². The molecule has 5 nitrogen and oxygen atoms in total. The number of nitrogens with zero attached hydrogens (tertiary/aromatic N) is 1. The Morgan fingerprint density at radius 1 is 1.43 bits per heavy atom. The van der Waals surface area contributed by atoms with E-state index in [1.54, 1.807) is 18.2 Å². The first-order valence-corrected chi connectivity index (χ1v) is 7.27. The van der Waals surface area contributed by atoms with Crippen molar-refractivity contribution in [3.05, 3.63) is 23.8 Å². The van der Waals surface area contributed by atoms with Crippen molar-refractivity contribution in [2.24, 2.45) is 17.6 Å². The highest BCUT2D eigenvalue weighted by molar-refractivity contribution is 5.94. The van der Waals surface area contributed by atoms with Crippen molar-refractivity contribution in [3.63, 3.8) is 0 Å². The Morgan fingerprint density at radius 3 is 2.71 bits per heavy atom. The molecule has 0 aliphatic heterocycles. The Hall–Kier alpha value is -2.06. The van der Waals surface area contributed by atoms with Gasteiger partial charge in [-0.1, -0.05) is 0 Å². The molecule has 1 saturated carbocycles. The highest BCUT2D eigenvalue weighted by Crippen LogP contribution is 2.31. The number of carbonyl (C=O) groups excluding carboxylic acids is 1. The van der Waals surface area contributed by atoms with Crippen LogP contribution in [-0.4, -0.2) is 19.6 Å². The number of benzene rings is 1. The number of rotatable bonds is 4. The maximum absolute atomic E-state index is 12.3. The lowest BCUT2D eigenvalue weighted by atomic mass is 9.81. The molecule has 0 saturated heterocycles.